The summed E-state index contributed by atoms with van der Waals surface area (Å²) in [5.41, 5.74) is 2.78. The van der Waals surface area contributed by atoms with Crippen molar-refractivity contribution in [1.29, 1.82) is 0 Å². The van der Waals surface area contributed by atoms with Crippen molar-refractivity contribution in [3.8, 4) is 0 Å². The van der Waals surface area contributed by atoms with Crippen molar-refractivity contribution in [1.82, 2.24) is 4.72 Å². The second-order valence-electron chi connectivity index (χ2n) is 6.25. The summed E-state index contributed by atoms with van der Waals surface area (Å²) >= 11 is 0. The first-order valence-electron chi connectivity index (χ1n) is 8.90. The molecule has 3 aromatic carbocycles. The highest BCUT2D eigenvalue weighted by Crippen LogP contribution is 2.26. The van der Waals surface area contributed by atoms with E-state index in [1.807, 2.05) is 26.0 Å². The summed E-state index contributed by atoms with van der Waals surface area (Å²) in [6, 6.07) is 13.4. The Labute approximate surface area is 171 Å². The fourth-order valence-corrected chi connectivity index (χ4v) is 3.76. The third-order valence-electron chi connectivity index (χ3n) is 4.47. The van der Waals surface area contributed by atoms with E-state index in [0.717, 1.165) is 22.9 Å². The molecule has 29 heavy (non-hydrogen) atoms. The number of hydrogen-bond donors (Lipinski definition) is 2. The Morgan fingerprint density at radius 2 is 1.83 bits per heavy atom. The van der Waals surface area contributed by atoms with Gasteiger partial charge in [-0.25, -0.2) is 13.3 Å². The van der Waals surface area contributed by atoms with Gasteiger partial charge < -0.3 is 5.11 Å². The van der Waals surface area contributed by atoms with Crippen molar-refractivity contribution in [3.05, 3.63) is 76.6 Å². The molecule has 3 rings (SSSR count). The van der Waals surface area contributed by atoms with E-state index in [1.54, 1.807) is 31.3 Å². The maximum atomic E-state index is 13.8. The van der Waals surface area contributed by atoms with Crippen LogP contribution in [0.15, 0.2) is 53.4 Å². The van der Waals surface area contributed by atoms with Gasteiger partial charge in [-0.3, -0.25) is 9.59 Å². The number of fused-ring (bicyclic) bond motifs is 1. The Balaban J connectivity index is 0.000000941. The summed E-state index contributed by atoms with van der Waals surface area (Å²) in [5.74, 6) is -0.525. The minimum Gasteiger partial charge on any atom is -0.483 e. The molecule has 5 nitrogen and oxygen atoms in total. The molecule has 3 aromatic rings. The van der Waals surface area contributed by atoms with E-state index >= 15 is 0 Å². The maximum Gasteiger partial charge on any atom is 0.290 e. The number of carbonyl (C=O) groups excluding carboxylic acids is 1. The van der Waals surface area contributed by atoms with E-state index in [-0.39, 0.29) is 18.1 Å². The van der Waals surface area contributed by atoms with Crippen molar-refractivity contribution in [2.75, 3.05) is 7.05 Å². The van der Waals surface area contributed by atoms with Gasteiger partial charge >= 0.3 is 0 Å². The van der Waals surface area contributed by atoms with E-state index in [0.29, 0.717) is 21.4 Å². The summed E-state index contributed by atoms with van der Waals surface area (Å²) in [6.07, 6.45) is 0.784. The summed E-state index contributed by atoms with van der Waals surface area (Å²) in [5, 5.41) is 8.34. The van der Waals surface area contributed by atoms with Gasteiger partial charge in [0.25, 0.3) is 6.47 Å². The Kier molecular flexibility index (Phi) is 7.75. The number of ketones is 1. The van der Waals surface area contributed by atoms with Crippen LogP contribution in [0.2, 0.25) is 0 Å². The van der Waals surface area contributed by atoms with E-state index in [2.05, 4.69) is 4.72 Å². The van der Waals surface area contributed by atoms with E-state index in [1.165, 1.54) is 12.1 Å². The number of benzene rings is 3. The molecule has 0 aliphatic heterocycles. The van der Waals surface area contributed by atoms with Crippen molar-refractivity contribution in [3.63, 3.8) is 0 Å². The third kappa shape index (κ3) is 5.13. The van der Waals surface area contributed by atoms with Gasteiger partial charge in [0, 0.05) is 11.1 Å². The normalized spacial score (nSPS) is 11.4. The molecule has 0 fully saturated rings. The first kappa shape index (κ1) is 22.4. The molecule has 152 valence electrons. The minimum atomic E-state index is -1.31. The lowest BCUT2D eigenvalue weighted by Crippen LogP contribution is -2.12. The van der Waals surface area contributed by atoms with Crippen LogP contribution in [0.1, 0.15) is 34.0 Å². The van der Waals surface area contributed by atoms with Crippen LogP contribution in [-0.2, 0) is 22.2 Å². The Morgan fingerprint density at radius 1 is 1.14 bits per heavy atom. The first-order valence-corrected chi connectivity index (χ1v) is 10.1. The lowest BCUT2D eigenvalue weighted by atomic mass is 9.92. The molecular formula is C22H22FNO4S. The molecule has 0 amide bonds. The lowest BCUT2D eigenvalue weighted by Gasteiger charge is -2.12. The minimum absolute atomic E-state index is 0.157. The highest BCUT2D eigenvalue weighted by atomic mass is 32.2. The Bertz CT molecular complexity index is 1080. The van der Waals surface area contributed by atoms with Gasteiger partial charge in [0.1, 0.15) is 16.8 Å². The standard InChI is InChI=1S/C21H20FNO2S.CH2O2/c1-4-14-10-15-5-6-16(22)12-19(15)20(11-14)21(24)18-8-7-17(9-13(18)2)26(25)23-3;2-1-3/h5-12,23H,4H2,1-3H3;1H,(H,2,3). The fourth-order valence-electron chi connectivity index (χ4n) is 3.05. The van der Waals surface area contributed by atoms with Crippen molar-refractivity contribution in [2.24, 2.45) is 0 Å². The van der Waals surface area contributed by atoms with Crippen LogP contribution in [0.4, 0.5) is 4.39 Å². The fraction of sp³-hybridized carbons (Fsp3) is 0.182. The van der Waals surface area contributed by atoms with Crippen molar-refractivity contribution >= 4 is 34.0 Å². The summed E-state index contributed by atoms with van der Waals surface area (Å²) in [7, 11) is 0.305. The molecule has 0 spiro atoms. The molecule has 0 radical (unpaired) electrons. The number of rotatable bonds is 5. The predicted molar refractivity (Wildman–Crippen MR) is 112 cm³/mol. The number of halogens is 1. The van der Waals surface area contributed by atoms with E-state index in [9.17, 15) is 13.4 Å². The molecule has 1 unspecified atom stereocenters. The molecule has 0 bridgehead atoms. The highest BCUT2D eigenvalue weighted by molar-refractivity contribution is 7.83. The van der Waals surface area contributed by atoms with Gasteiger partial charge in [-0.05, 0) is 78.7 Å². The van der Waals surface area contributed by atoms with Crippen LogP contribution in [0.3, 0.4) is 0 Å². The van der Waals surface area contributed by atoms with Crippen LogP contribution in [0.25, 0.3) is 10.8 Å². The molecular weight excluding hydrogens is 393 g/mol. The number of hydrogen-bond acceptors (Lipinski definition) is 3. The van der Waals surface area contributed by atoms with Gasteiger partial charge in [-0.15, -0.1) is 0 Å². The third-order valence-corrected chi connectivity index (χ3v) is 5.52. The average molecular weight is 415 g/mol. The van der Waals surface area contributed by atoms with Gasteiger partial charge in [0.05, 0.1) is 4.90 Å². The van der Waals surface area contributed by atoms with Crippen LogP contribution in [0, 0.1) is 12.7 Å². The number of aryl methyl sites for hydroxylation is 2. The molecule has 0 aromatic heterocycles. The SMILES string of the molecule is CCc1cc(C(=O)c2ccc(S(=O)NC)cc2C)c2cc(F)ccc2c1.O=CO. The number of nitrogens with one attached hydrogen (secondary N) is 1. The van der Waals surface area contributed by atoms with Gasteiger partial charge in [0.2, 0.25) is 0 Å². The largest absolute Gasteiger partial charge is 0.483 e. The molecule has 0 heterocycles. The summed E-state index contributed by atoms with van der Waals surface area (Å²) < 4.78 is 28.3. The zero-order valence-corrected chi connectivity index (χ0v) is 17.2. The molecule has 0 aliphatic rings. The first-order chi connectivity index (χ1) is 13.9. The van der Waals surface area contributed by atoms with E-state index < -0.39 is 11.0 Å². The molecule has 1 atom stereocenters. The lowest BCUT2D eigenvalue weighted by molar-refractivity contribution is -0.122. The number of carboxylic acid groups (broad SMARTS) is 1. The monoisotopic (exact) mass is 415 g/mol. The van der Waals surface area contributed by atoms with Crippen LogP contribution in [0.5, 0.6) is 0 Å². The summed E-state index contributed by atoms with van der Waals surface area (Å²) in [6.45, 7) is 3.59. The summed E-state index contributed by atoms with van der Waals surface area (Å²) in [4.78, 5) is 22.2. The zero-order valence-electron chi connectivity index (χ0n) is 16.4. The van der Waals surface area contributed by atoms with Gasteiger partial charge in [-0.1, -0.05) is 19.1 Å². The van der Waals surface area contributed by atoms with Crippen LogP contribution < -0.4 is 4.72 Å². The van der Waals surface area contributed by atoms with Gasteiger partial charge in [0.15, 0.2) is 5.78 Å². The second-order valence-corrected chi connectivity index (χ2v) is 7.66. The van der Waals surface area contributed by atoms with E-state index in [4.69, 9.17) is 9.90 Å². The quantitative estimate of drug-likeness (QED) is 0.487. The predicted octanol–water partition coefficient (Wildman–Crippen LogP) is 4.02. The second kappa shape index (κ2) is 10.0. The molecule has 0 aliphatic carbocycles. The Hall–Kier alpha value is -2.90. The van der Waals surface area contributed by atoms with Crippen LogP contribution in [-0.4, -0.2) is 28.6 Å². The topological polar surface area (TPSA) is 83.5 Å². The van der Waals surface area contributed by atoms with Crippen LogP contribution >= 0.6 is 0 Å². The Morgan fingerprint density at radius 3 is 2.41 bits per heavy atom. The molecule has 7 heteroatoms. The van der Waals surface area contributed by atoms with Gasteiger partial charge in [-0.2, -0.15) is 0 Å². The highest BCUT2D eigenvalue weighted by Gasteiger charge is 2.17. The smallest absolute Gasteiger partial charge is 0.290 e. The van der Waals surface area contributed by atoms with Crippen molar-refractivity contribution in [2.45, 2.75) is 25.2 Å². The molecule has 2 N–H and O–H groups in total. The zero-order chi connectivity index (χ0) is 21.6. The maximum absolute atomic E-state index is 13.8. The number of carbonyl (C=O) groups is 2. The molecule has 0 saturated carbocycles. The molecule has 0 saturated heterocycles. The average Bonchev–Trinajstić information content (AvgIpc) is 2.72. The van der Waals surface area contributed by atoms with Crippen molar-refractivity contribution < 1.29 is 23.3 Å².